The minimum Gasteiger partial charge on any atom is -0.462 e. The van der Waals surface area contributed by atoms with Gasteiger partial charge in [0.25, 0.3) is 0 Å². The number of allylic oxidation sites excluding steroid dienone is 16. The third-order valence-corrected chi connectivity index (χ3v) is 10.9. The lowest BCUT2D eigenvalue weighted by molar-refractivity contribution is -0.167. The molecule has 0 aliphatic heterocycles. The first-order valence-electron chi connectivity index (χ1n) is 26.3. The van der Waals surface area contributed by atoms with Crippen LogP contribution < -0.4 is 0 Å². The van der Waals surface area contributed by atoms with E-state index < -0.39 is 6.10 Å². The monoisotopic (exact) mass is 889 g/mol. The first-order valence-corrected chi connectivity index (χ1v) is 26.3. The lowest BCUT2D eigenvalue weighted by Gasteiger charge is -2.18. The SMILES string of the molecule is CCC\C=C/C=C\C=C/C=C\C=C/CCCCCCCC(=O)OCC(COC(=O)CCCCCCCCCCCCC)OC(=O)CCC/C=C\C/C=C\C/C=C\CCCCCCCC. The normalized spacial score (nSPS) is 12.9. The predicted octanol–water partition coefficient (Wildman–Crippen LogP) is 17.4. The van der Waals surface area contributed by atoms with E-state index in [1.165, 1.54) is 103 Å². The van der Waals surface area contributed by atoms with Gasteiger partial charge in [-0.15, -0.1) is 0 Å². The number of ether oxygens (including phenoxy) is 3. The molecule has 0 spiro atoms. The molecule has 0 aromatic rings. The summed E-state index contributed by atoms with van der Waals surface area (Å²) in [5.41, 5.74) is 0. The van der Waals surface area contributed by atoms with E-state index in [9.17, 15) is 14.4 Å². The number of carbonyl (C=O) groups is 3. The molecule has 0 radical (unpaired) electrons. The van der Waals surface area contributed by atoms with Crippen LogP contribution in [0, 0.1) is 0 Å². The van der Waals surface area contributed by atoms with Crippen molar-refractivity contribution in [1.82, 2.24) is 0 Å². The second-order valence-corrected chi connectivity index (χ2v) is 17.2. The van der Waals surface area contributed by atoms with Crippen LogP contribution in [0.4, 0.5) is 0 Å². The quantitative estimate of drug-likeness (QED) is 0.0199. The van der Waals surface area contributed by atoms with Crippen LogP contribution in [0.2, 0.25) is 0 Å². The van der Waals surface area contributed by atoms with Gasteiger partial charge in [0.2, 0.25) is 0 Å². The maximum Gasteiger partial charge on any atom is 0.306 e. The van der Waals surface area contributed by atoms with Crippen LogP contribution >= 0.6 is 0 Å². The third-order valence-electron chi connectivity index (χ3n) is 10.9. The first kappa shape index (κ1) is 60.3. The lowest BCUT2D eigenvalue weighted by Crippen LogP contribution is -2.30. The van der Waals surface area contributed by atoms with E-state index in [4.69, 9.17) is 14.2 Å². The van der Waals surface area contributed by atoms with E-state index >= 15 is 0 Å². The van der Waals surface area contributed by atoms with Gasteiger partial charge in [0.15, 0.2) is 6.10 Å². The zero-order chi connectivity index (χ0) is 46.5. The Labute approximate surface area is 394 Å². The van der Waals surface area contributed by atoms with E-state index in [0.29, 0.717) is 19.3 Å². The Morgan fingerprint density at radius 2 is 0.672 bits per heavy atom. The second-order valence-electron chi connectivity index (χ2n) is 17.2. The molecule has 0 bridgehead atoms. The molecule has 0 aromatic heterocycles. The maximum atomic E-state index is 12.8. The molecule has 0 saturated heterocycles. The number of carbonyl (C=O) groups excluding carboxylic acids is 3. The van der Waals surface area contributed by atoms with Crippen molar-refractivity contribution < 1.29 is 28.6 Å². The first-order chi connectivity index (χ1) is 31.5. The summed E-state index contributed by atoms with van der Waals surface area (Å²) in [7, 11) is 0. The molecule has 0 aromatic carbocycles. The Morgan fingerprint density at radius 1 is 0.328 bits per heavy atom. The summed E-state index contributed by atoms with van der Waals surface area (Å²) in [4.78, 5) is 38.0. The van der Waals surface area contributed by atoms with Gasteiger partial charge in [-0.1, -0.05) is 240 Å². The number of rotatable bonds is 46. The van der Waals surface area contributed by atoms with Crippen molar-refractivity contribution in [3.8, 4) is 0 Å². The minimum atomic E-state index is -0.813. The molecular formula is C58H96O6. The Morgan fingerprint density at radius 3 is 1.12 bits per heavy atom. The molecule has 364 valence electrons. The molecule has 64 heavy (non-hydrogen) atoms. The summed E-state index contributed by atoms with van der Waals surface area (Å²) in [6.07, 6.45) is 68.2. The summed E-state index contributed by atoms with van der Waals surface area (Å²) in [5.74, 6) is -0.987. The Balaban J connectivity index is 4.51. The molecule has 1 unspecified atom stereocenters. The number of hydrogen-bond acceptors (Lipinski definition) is 6. The average molecular weight is 889 g/mol. The zero-order valence-electron chi connectivity index (χ0n) is 41.5. The molecule has 0 saturated carbocycles. The minimum absolute atomic E-state index is 0.106. The standard InChI is InChI=1S/C58H96O6/c1-4-7-10-13-16-19-22-24-26-28-30-31-33-36-39-42-45-48-51-57(60)63-54-55(53-62-56(59)50-47-44-41-38-35-21-18-15-12-9-6-3)64-58(61)52-49-46-43-40-37-34-32-29-27-25-23-20-17-14-11-8-5-2/h10,13,16,19,22,24-28,30-32,34,40,43,55H,4-9,11-12,14-15,17-18,20-21,23,29,33,35-39,41-42,44-54H2,1-3H3/b13-10-,19-16-,24-22-,27-25-,28-26-,31-30-,34-32-,43-40-. The molecular weight excluding hydrogens is 793 g/mol. The fourth-order valence-electron chi connectivity index (χ4n) is 6.96. The summed E-state index contributed by atoms with van der Waals surface area (Å²) in [5, 5.41) is 0. The van der Waals surface area contributed by atoms with E-state index in [0.717, 1.165) is 83.5 Å². The van der Waals surface area contributed by atoms with Crippen molar-refractivity contribution in [2.45, 2.75) is 239 Å². The van der Waals surface area contributed by atoms with Crippen LogP contribution in [0.15, 0.2) is 97.2 Å². The highest BCUT2D eigenvalue weighted by atomic mass is 16.6. The van der Waals surface area contributed by atoms with Gasteiger partial charge >= 0.3 is 17.9 Å². The predicted molar refractivity (Wildman–Crippen MR) is 274 cm³/mol. The van der Waals surface area contributed by atoms with Crippen molar-refractivity contribution in [1.29, 1.82) is 0 Å². The third kappa shape index (κ3) is 49.3. The molecule has 1 atom stereocenters. The fourth-order valence-corrected chi connectivity index (χ4v) is 6.96. The van der Waals surface area contributed by atoms with Crippen LogP contribution in [0.25, 0.3) is 0 Å². The van der Waals surface area contributed by atoms with Gasteiger partial charge in [-0.25, -0.2) is 0 Å². The highest BCUT2D eigenvalue weighted by Crippen LogP contribution is 2.14. The number of hydrogen-bond donors (Lipinski definition) is 0. The van der Waals surface area contributed by atoms with Crippen LogP contribution in [0.3, 0.4) is 0 Å². The maximum absolute atomic E-state index is 12.8. The molecule has 6 nitrogen and oxygen atoms in total. The van der Waals surface area contributed by atoms with Crippen LogP contribution in [0.1, 0.15) is 233 Å². The second kappa shape index (κ2) is 52.0. The highest BCUT2D eigenvalue weighted by molar-refractivity contribution is 5.71. The van der Waals surface area contributed by atoms with Gasteiger partial charge in [0.1, 0.15) is 13.2 Å². The zero-order valence-corrected chi connectivity index (χ0v) is 41.5. The van der Waals surface area contributed by atoms with E-state index in [2.05, 4.69) is 93.7 Å². The van der Waals surface area contributed by atoms with Gasteiger partial charge in [0.05, 0.1) is 0 Å². The molecule has 0 rings (SSSR count). The Bertz CT molecular complexity index is 1300. The van der Waals surface area contributed by atoms with E-state index in [-0.39, 0.29) is 37.5 Å². The van der Waals surface area contributed by atoms with Crippen molar-refractivity contribution in [2.75, 3.05) is 13.2 Å². The smallest absolute Gasteiger partial charge is 0.306 e. The molecule has 0 N–H and O–H groups in total. The van der Waals surface area contributed by atoms with Crippen molar-refractivity contribution in [3.63, 3.8) is 0 Å². The molecule has 0 heterocycles. The van der Waals surface area contributed by atoms with Crippen LogP contribution in [-0.4, -0.2) is 37.2 Å². The van der Waals surface area contributed by atoms with Gasteiger partial charge in [-0.2, -0.15) is 0 Å². The van der Waals surface area contributed by atoms with E-state index in [1.807, 2.05) is 24.3 Å². The largest absolute Gasteiger partial charge is 0.462 e. The van der Waals surface area contributed by atoms with Crippen molar-refractivity contribution >= 4 is 17.9 Å². The Kier molecular flexibility index (Phi) is 49.0. The molecule has 0 aliphatic carbocycles. The summed E-state index contributed by atoms with van der Waals surface area (Å²) in [6.45, 7) is 6.47. The average Bonchev–Trinajstić information content (AvgIpc) is 3.29. The Hall–Kier alpha value is -3.67. The number of esters is 3. The van der Waals surface area contributed by atoms with Crippen LogP contribution in [-0.2, 0) is 28.6 Å². The lowest BCUT2D eigenvalue weighted by atomic mass is 10.1. The van der Waals surface area contributed by atoms with Crippen molar-refractivity contribution in [2.24, 2.45) is 0 Å². The summed E-state index contributed by atoms with van der Waals surface area (Å²) in [6, 6.07) is 0. The molecule has 0 fully saturated rings. The van der Waals surface area contributed by atoms with Gasteiger partial charge in [-0.05, 0) is 70.6 Å². The summed E-state index contributed by atoms with van der Waals surface area (Å²) < 4.78 is 16.7. The highest BCUT2D eigenvalue weighted by Gasteiger charge is 2.19. The van der Waals surface area contributed by atoms with E-state index in [1.54, 1.807) is 0 Å². The number of unbranched alkanes of at least 4 members (excludes halogenated alkanes) is 23. The molecule has 0 amide bonds. The van der Waals surface area contributed by atoms with Crippen molar-refractivity contribution in [3.05, 3.63) is 97.2 Å². The molecule has 6 heteroatoms. The summed E-state index contributed by atoms with van der Waals surface area (Å²) >= 11 is 0. The topological polar surface area (TPSA) is 78.9 Å². The van der Waals surface area contributed by atoms with Gasteiger partial charge in [0, 0.05) is 19.3 Å². The molecule has 0 aliphatic rings. The fraction of sp³-hybridized carbons (Fsp3) is 0.672. The van der Waals surface area contributed by atoms with Gasteiger partial charge < -0.3 is 14.2 Å². The van der Waals surface area contributed by atoms with Crippen LogP contribution in [0.5, 0.6) is 0 Å². The van der Waals surface area contributed by atoms with Gasteiger partial charge in [-0.3, -0.25) is 14.4 Å².